The number of nitrogens with zero attached hydrogens (tertiary/aromatic N) is 1. The van der Waals surface area contributed by atoms with Crippen molar-refractivity contribution in [2.45, 2.75) is 60.9 Å². The van der Waals surface area contributed by atoms with Gasteiger partial charge in [0.25, 0.3) is 11.8 Å². The highest BCUT2D eigenvalue weighted by molar-refractivity contribution is 7.85. The molecule has 2 aliphatic rings. The average Bonchev–Trinajstić information content (AvgIpc) is 3.19. The first kappa shape index (κ1) is 23.4. The molecule has 7 heteroatoms. The van der Waals surface area contributed by atoms with E-state index in [0.717, 1.165) is 31.2 Å². The van der Waals surface area contributed by atoms with Gasteiger partial charge >= 0.3 is 0 Å². The number of fused-ring (bicyclic) bond motifs is 2. The number of benzene rings is 3. The maximum Gasteiger partial charge on any atom is 0.259 e. The Morgan fingerprint density at radius 3 is 2.40 bits per heavy atom. The third kappa shape index (κ3) is 4.91. The minimum Gasteiger partial charge on any atom is -0.349 e. The van der Waals surface area contributed by atoms with E-state index in [1.807, 2.05) is 0 Å². The molecule has 0 radical (unpaired) electrons. The van der Waals surface area contributed by atoms with Gasteiger partial charge in [0.2, 0.25) is 0 Å². The van der Waals surface area contributed by atoms with E-state index >= 15 is 0 Å². The van der Waals surface area contributed by atoms with Crippen LogP contribution in [0.2, 0.25) is 0 Å². The molecule has 2 amide bonds. The van der Waals surface area contributed by atoms with Gasteiger partial charge in [0, 0.05) is 11.6 Å². The minimum absolute atomic E-state index is 0.138. The third-order valence-electron chi connectivity index (χ3n) is 6.72. The first-order valence-electron chi connectivity index (χ1n) is 12.0. The molecule has 180 valence electrons. The number of carbonyl (C=O) groups excluding carboxylic acids is 2. The molecule has 5 nitrogen and oxygen atoms in total. The van der Waals surface area contributed by atoms with Crippen molar-refractivity contribution in [3.8, 4) is 0 Å². The molecule has 1 N–H and O–H groups in total. The van der Waals surface area contributed by atoms with Crippen molar-refractivity contribution in [1.29, 1.82) is 0 Å². The summed E-state index contributed by atoms with van der Waals surface area (Å²) in [5.74, 6) is -0.861. The predicted molar refractivity (Wildman–Crippen MR) is 133 cm³/mol. The maximum atomic E-state index is 13.7. The van der Waals surface area contributed by atoms with Crippen molar-refractivity contribution in [2.24, 2.45) is 0 Å². The smallest absolute Gasteiger partial charge is 0.259 e. The maximum absolute atomic E-state index is 13.7. The van der Waals surface area contributed by atoms with Gasteiger partial charge in [-0.05, 0) is 60.9 Å². The summed E-state index contributed by atoms with van der Waals surface area (Å²) < 4.78 is 27.0. The lowest BCUT2D eigenvalue weighted by atomic mass is 10.1. The fourth-order valence-electron chi connectivity index (χ4n) is 4.83. The van der Waals surface area contributed by atoms with Crippen LogP contribution in [0.3, 0.4) is 0 Å². The Labute approximate surface area is 206 Å². The van der Waals surface area contributed by atoms with Gasteiger partial charge in [0.1, 0.15) is 5.82 Å². The zero-order chi connectivity index (χ0) is 24.4. The molecular formula is C28H27FN2O3S. The standard InChI is InChI=1S/C28H27FN2O3S/c29-21-14-11-19(12-15-21)18-31-24-17-20(27(32)30-22-7-3-1-2-4-8-22)13-16-26(24)35(34)25-10-6-5-9-23(25)28(31)33/h5-6,9-17,22H,1-4,7-8,18H2,(H,30,32)/t35-/m0/s1. The van der Waals surface area contributed by atoms with E-state index in [9.17, 15) is 18.2 Å². The predicted octanol–water partition coefficient (Wildman–Crippen LogP) is 5.61. The summed E-state index contributed by atoms with van der Waals surface area (Å²) >= 11 is 0. The summed E-state index contributed by atoms with van der Waals surface area (Å²) in [5, 5.41) is 3.15. The van der Waals surface area contributed by atoms with Crippen LogP contribution < -0.4 is 10.2 Å². The number of hydrogen-bond acceptors (Lipinski definition) is 3. The van der Waals surface area contributed by atoms with Gasteiger partial charge in [-0.25, -0.2) is 8.60 Å². The molecule has 0 aromatic heterocycles. The van der Waals surface area contributed by atoms with Crippen molar-refractivity contribution >= 4 is 28.3 Å². The first-order chi connectivity index (χ1) is 17.0. The average molecular weight is 491 g/mol. The minimum atomic E-state index is -1.59. The molecule has 1 saturated carbocycles. The van der Waals surface area contributed by atoms with Gasteiger partial charge < -0.3 is 10.2 Å². The van der Waals surface area contributed by atoms with Gasteiger partial charge in [-0.1, -0.05) is 49.9 Å². The lowest BCUT2D eigenvalue weighted by molar-refractivity contribution is 0.0931. The lowest BCUT2D eigenvalue weighted by Gasteiger charge is -2.24. The van der Waals surface area contributed by atoms with E-state index < -0.39 is 10.8 Å². The van der Waals surface area contributed by atoms with E-state index in [0.29, 0.717) is 26.6 Å². The number of hydrogen-bond donors (Lipinski definition) is 1. The van der Waals surface area contributed by atoms with Crippen LogP contribution >= 0.6 is 0 Å². The largest absolute Gasteiger partial charge is 0.349 e. The molecule has 1 fully saturated rings. The molecule has 0 bridgehead atoms. The Morgan fingerprint density at radius 1 is 0.943 bits per heavy atom. The van der Waals surface area contributed by atoms with Crippen LogP contribution in [0.25, 0.3) is 0 Å². The fourth-order valence-corrected chi connectivity index (χ4v) is 6.17. The third-order valence-corrected chi connectivity index (χ3v) is 8.22. The van der Waals surface area contributed by atoms with Crippen LogP contribution in [-0.2, 0) is 17.3 Å². The molecule has 0 spiro atoms. The van der Waals surface area contributed by atoms with E-state index in [-0.39, 0.29) is 30.2 Å². The summed E-state index contributed by atoms with van der Waals surface area (Å²) in [6.45, 7) is 0.158. The Morgan fingerprint density at radius 2 is 1.66 bits per heavy atom. The Kier molecular flexibility index (Phi) is 6.77. The molecule has 0 unspecified atom stereocenters. The molecule has 1 aliphatic heterocycles. The lowest BCUT2D eigenvalue weighted by Crippen LogP contribution is -2.35. The fraction of sp³-hybridized carbons (Fsp3) is 0.286. The first-order valence-corrected chi connectivity index (χ1v) is 13.2. The SMILES string of the molecule is O=C(NC1CCCCCC1)c1ccc2c(c1)N(Cc1ccc(F)cc1)C(=O)c1ccccc1[S@@]2=O. The summed E-state index contributed by atoms with van der Waals surface area (Å²) in [6.07, 6.45) is 6.52. The van der Waals surface area contributed by atoms with E-state index in [2.05, 4.69) is 5.32 Å². The van der Waals surface area contributed by atoms with Gasteiger partial charge in [-0.2, -0.15) is 0 Å². The summed E-state index contributed by atoms with van der Waals surface area (Å²) in [5.41, 5.74) is 1.94. The molecule has 0 saturated heterocycles. The normalized spacial score (nSPS) is 18.3. The molecule has 3 aromatic rings. The van der Waals surface area contributed by atoms with Crippen molar-refractivity contribution in [2.75, 3.05) is 4.90 Å². The van der Waals surface area contributed by atoms with Gasteiger partial charge in [0.05, 0.1) is 38.4 Å². The molecule has 35 heavy (non-hydrogen) atoms. The van der Waals surface area contributed by atoms with Crippen molar-refractivity contribution in [1.82, 2.24) is 5.32 Å². The second kappa shape index (κ2) is 10.1. The zero-order valence-corrected chi connectivity index (χ0v) is 20.2. The number of anilines is 1. The van der Waals surface area contributed by atoms with E-state index in [4.69, 9.17) is 0 Å². The number of carbonyl (C=O) groups is 2. The molecule has 1 atom stereocenters. The summed E-state index contributed by atoms with van der Waals surface area (Å²) in [6, 6.07) is 18.0. The number of nitrogens with one attached hydrogen (secondary N) is 1. The molecular weight excluding hydrogens is 463 g/mol. The van der Waals surface area contributed by atoms with Crippen molar-refractivity contribution < 1.29 is 18.2 Å². The quantitative estimate of drug-likeness (QED) is 0.484. The van der Waals surface area contributed by atoms with Gasteiger partial charge in [0.15, 0.2) is 0 Å². The number of rotatable bonds is 4. The van der Waals surface area contributed by atoms with Crippen molar-refractivity contribution in [3.05, 3.63) is 89.2 Å². The highest BCUT2D eigenvalue weighted by Crippen LogP contribution is 2.36. The summed E-state index contributed by atoms with van der Waals surface area (Å²) in [7, 11) is -1.59. The van der Waals surface area contributed by atoms with Crippen LogP contribution in [0.15, 0.2) is 76.5 Å². The van der Waals surface area contributed by atoms with E-state index in [1.54, 1.807) is 54.6 Å². The number of halogens is 1. The van der Waals surface area contributed by atoms with Gasteiger partial charge in [-0.3, -0.25) is 9.59 Å². The van der Waals surface area contributed by atoms with Crippen LogP contribution in [0.4, 0.5) is 10.1 Å². The monoisotopic (exact) mass is 490 g/mol. The highest BCUT2D eigenvalue weighted by Gasteiger charge is 2.31. The Bertz CT molecular complexity index is 1280. The van der Waals surface area contributed by atoms with Crippen LogP contribution in [0.5, 0.6) is 0 Å². The number of amides is 2. The molecule has 1 aliphatic carbocycles. The van der Waals surface area contributed by atoms with Crippen LogP contribution in [0, 0.1) is 5.82 Å². The highest BCUT2D eigenvalue weighted by atomic mass is 32.2. The van der Waals surface area contributed by atoms with Crippen molar-refractivity contribution in [3.63, 3.8) is 0 Å². The van der Waals surface area contributed by atoms with Gasteiger partial charge in [-0.15, -0.1) is 0 Å². The van der Waals surface area contributed by atoms with E-state index in [1.165, 1.54) is 29.9 Å². The molecule has 5 rings (SSSR count). The second-order valence-corrected chi connectivity index (χ2v) is 10.5. The Hall–Kier alpha value is -3.32. The second-order valence-electron chi connectivity index (χ2n) is 9.13. The van der Waals surface area contributed by atoms with Crippen LogP contribution in [-0.4, -0.2) is 22.1 Å². The topological polar surface area (TPSA) is 66.5 Å². The summed E-state index contributed by atoms with van der Waals surface area (Å²) in [4.78, 5) is 29.3. The van der Waals surface area contributed by atoms with Crippen LogP contribution in [0.1, 0.15) is 64.8 Å². The molecule has 1 heterocycles. The zero-order valence-electron chi connectivity index (χ0n) is 19.3. The Balaban J connectivity index is 1.54. The molecule has 3 aromatic carbocycles.